The van der Waals surface area contributed by atoms with Crippen LogP contribution >= 0.6 is 0 Å². The maximum absolute atomic E-state index is 6.35. The fraction of sp³-hybridized carbons (Fsp3) is 0.793. The highest BCUT2D eigenvalue weighted by Crippen LogP contribution is 2.17. The third kappa shape index (κ3) is 32.6. The molecule has 0 aliphatic rings. The van der Waals surface area contributed by atoms with Gasteiger partial charge >= 0.3 is 17.4 Å². The molecular formula is C29H80O8Si12. The molecule has 0 bridgehead atoms. The van der Waals surface area contributed by atoms with Crippen molar-refractivity contribution in [3.63, 3.8) is 0 Å². The van der Waals surface area contributed by atoms with Gasteiger partial charge in [0.05, 0.1) is 0 Å². The van der Waals surface area contributed by atoms with Crippen molar-refractivity contribution in [3.8, 4) is 0 Å². The summed E-state index contributed by atoms with van der Waals surface area (Å²) in [5.74, 6) is 0. The molecule has 1 aromatic carbocycles. The van der Waals surface area contributed by atoms with Crippen LogP contribution in [0.4, 0.5) is 0 Å². The molecule has 8 nitrogen and oxygen atoms in total. The van der Waals surface area contributed by atoms with E-state index in [1.54, 1.807) is 0 Å². The van der Waals surface area contributed by atoms with Gasteiger partial charge in [-0.3, -0.25) is 0 Å². The van der Waals surface area contributed by atoms with Gasteiger partial charge in [-0.1, -0.05) is 30.3 Å². The molecule has 0 fully saturated rings. The molecule has 0 spiro atoms. The predicted molar refractivity (Wildman–Crippen MR) is 247 cm³/mol. The van der Waals surface area contributed by atoms with E-state index in [1.807, 2.05) is 18.2 Å². The molecule has 0 saturated carbocycles. The van der Waals surface area contributed by atoms with E-state index < -0.39 is 106 Å². The highest BCUT2D eigenvalue weighted by Gasteiger charge is 2.45. The van der Waals surface area contributed by atoms with Crippen molar-refractivity contribution in [1.82, 2.24) is 0 Å². The van der Waals surface area contributed by atoms with Crippen LogP contribution in [0.5, 0.6) is 0 Å². The summed E-state index contributed by atoms with van der Waals surface area (Å²) in [5, 5.41) is 1.12. The lowest BCUT2D eigenvalue weighted by molar-refractivity contribution is 0.290. The van der Waals surface area contributed by atoms with Gasteiger partial charge in [-0.05, 0) is 150 Å². The Kier molecular flexibility index (Phi) is 25.2. The normalized spacial score (nSPS) is 15.0. The average molecular weight is 894 g/mol. The first-order chi connectivity index (χ1) is 21.8. The first-order valence-electron chi connectivity index (χ1n) is 18.2. The zero-order valence-corrected chi connectivity index (χ0v) is 49.1. The predicted octanol–water partition coefficient (Wildman–Crippen LogP) is 7.17. The zero-order chi connectivity index (χ0) is 39.1. The van der Waals surface area contributed by atoms with Crippen molar-refractivity contribution < 1.29 is 32.9 Å². The Morgan fingerprint density at radius 2 is 0.837 bits per heavy atom. The summed E-state index contributed by atoms with van der Waals surface area (Å²) < 4.78 is 49.1. The van der Waals surface area contributed by atoms with Crippen molar-refractivity contribution in [2.45, 2.75) is 150 Å². The van der Waals surface area contributed by atoms with Crippen LogP contribution in [0, 0.1) is 0 Å². The molecule has 0 aliphatic heterocycles. The van der Waals surface area contributed by atoms with Gasteiger partial charge in [-0.25, -0.2) is 0 Å². The second-order valence-corrected chi connectivity index (χ2v) is 58.8. The van der Waals surface area contributed by atoms with Gasteiger partial charge in [0, 0.05) is 5.19 Å². The summed E-state index contributed by atoms with van der Waals surface area (Å²) >= 11 is 0. The van der Waals surface area contributed by atoms with Gasteiger partial charge < -0.3 is 32.9 Å². The second-order valence-electron chi connectivity index (χ2n) is 17.9. The summed E-state index contributed by atoms with van der Waals surface area (Å²) in [6.07, 6.45) is 0. The third-order valence-electron chi connectivity index (χ3n) is 5.52. The largest absolute Gasteiger partial charge is 0.505 e. The van der Waals surface area contributed by atoms with E-state index in [1.165, 1.54) is 5.67 Å². The fourth-order valence-electron chi connectivity index (χ4n) is 4.75. The standard InChI is InChI=1S/C12H26O3Si4.C9H28O2Si4.C8H26O3Si4/c1-16(2)13-19(14-17(3)4,15-18(5)6)12-10-8-7-9-11-12;1-12(10-14(3,4)5)9-13(2)11-15(6,7)8;1-13(2,3)9-12-10-15(7,8)11-14(4,5)6/h7-11,16-18H,1-6H3;12-13H,9H2,1-8H3;12H2,1-8H3. The molecule has 0 aliphatic carbocycles. The van der Waals surface area contributed by atoms with E-state index in [0.717, 1.165) is 5.19 Å². The monoisotopic (exact) mass is 892 g/mol. The Balaban J connectivity index is 0. The second kappa shape index (κ2) is 23.4. The van der Waals surface area contributed by atoms with Crippen LogP contribution in [0.1, 0.15) is 0 Å². The van der Waals surface area contributed by atoms with E-state index in [2.05, 4.69) is 156 Å². The SMILES string of the molecule is C[SiH](C)O[Si](O[SiH](C)C)(O[SiH](C)C)c1ccccc1.C[SiH](C[SiH](C)O[Si](C)(C)C)O[Si](C)(C)C.C[Si](C)(C)O[SiH2]O[Si](C)(C)O[Si](C)(C)C. The van der Waals surface area contributed by atoms with Crippen molar-refractivity contribution in [1.29, 1.82) is 0 Å². The van der Waals surface area contributed by atoms with Gasteiger partial charge in [0.15, 0.2) is 78.5 Å². The fourth-order valence-corrected chi connectivity index (χ4v) is 42.5. The first kappa shape index (κ1) is 52.6. The first-order valence-corrected chi connectivity index (χ1v) is 50.7. The average Bonchev–Trinajstić information content (AvgIpc) is 2.79. The van der Waals surface area contributed by atoms with Crippen molar-refractivity contribution in [2.24, 2.45) is 0 Å². The molecule has 2 unspecified atom stereocenters. The Labute approximate surface area is 321 Å². The van der Waals surface area contributed by atoms with E-state index >= 15 is 0 Å². The number of rotatable bonds is 19. The summed E-state index contributed by atoms with van der Waals surface area (Å²) in [7, 11) is -16.5. The number of hydrogen-bond donors (Lipinski definition) is 0. The molecule has 0 amide bonds. The van der Waals surface area contributed by atoms with Crippen LogP contribution in [0.2, 0.25) is 150 Å². The minimum atomic E-state index is -2.68. The van der Waals surface area contributed by atoms with Crippen LogP contribution in [0.25, 0.3) is 0 Å². The molecule has 20 heteroatoms. The lowest BCUT2D eigenvalue weighted by Crippen LogP contribution is -2.61. The molecule has 0 N–H and O–H groups in total. The van der Waals surface area contributed by atoms with E-state index in [-0.39, 0.29) is 0 Å². The van der Waals surface area contributed by atoms with Crippen LogP contribution in [0.15, 0.2) is 30.3 Å². The highest BCUT2D eigenvalue weighted by molar-refractivity contribution is 6.88. The van der Waals surface area contributed by atoms with Gasteiger partial charge in [-0.15, -0.1) is 0 Å². The highest BCUT2D eigenvalue weighted by atomic mass is 28.5. The summed E-state index contributed by atoms with van der Waals surface area (Å²) in [5.41, 5.74) is 1.29. The topological polar surface area (TPSA) is 73.8 Å². The third-order valence-corrected chi connectivity index (χ3v) is 41.7. The molecule has 1 aromatic rings. The Morgan fingerprint density at radius 3 is 1.12 bits per heavy atom. The maximum atomic E-state index is 6.35. The van der Waals surface area contributed by atoms with E-state index in [9.17, 15) is 0 Å². The van der Waals surface area contributed by atoms with E-state index in [0.29, 0.717) is 0 Å². The maximum Gasteiger partial charge on any atom is 0.505 e. The Bertz CT molecular complexity index is 950. The van der Waals surface area contributed by atoms with Crippen LogP contribution < -0.4 is 5.19 Å². The molecule has 0 aromatic heterocycles. The molecule has 0 heterocycles. The Morgan fingerprint density at radius 1 is 0.469 bits per heavy atom. The van der Waals surface area contributed by atoms with Crippen molar-refractivity contribution in [3.05, 3.63) is 30.3 Å². The molecule has 292 valence electrons. The van der Waals surface area contributed by atoms with E-state index in [4.69, 9.17) is 32.9 Å². The molecule has 2 atom stereocenters. The smallest absolute Gasteiger partial charge is 0.458 e. The molecule has 0 radical (unpaired) electrons. The van der Waals surface area contributed by atoms with Gasteiger partial charge in [0.25, 0.3) is 10.0 Å². The zero-order valence-electron chi connectivity index (χ0n) is 36.0. The summed E-state index contributed by atoms with van der Waals surface area (Å²) in [6, 6.07) is 10.3. The van der Waals surface area contributed by atoms with Gasteiger partial charge in [0.1, 0.15) is 0 Å². The Hall–Kier alpha value is 1.50. The minimum Gasteiger partial charge on any atom is -0.458 e. The lowest BCUT2D eigenvalue weighted by atomic mass is 10.4. The van der Waals surface area contributed by atoms with Crippen LogP contribution in [0.3, 0.4) is 0 Å². The number of hydrogen-bond acceptors (Lipinski definition) is 8. The van der Waals surface area contributed by atoms with Gasteiger partial charge in [-0.2, -0.15) is 0 Å². The molecule has 1 rings (SSSR count). The minimum absolute atomic E-state index is 0.845. The van der Waals surface area contributed by atoms with Crippen LogP contribution in [-0.4, -0.2) is 106 Å². The molecule has 0 saturated heterocycles. The quantitative estimate of drug-likeness (QED) is 0.136. The van der Waals surface area contributed by atoms with Crippen LogP contribution in [-0.2, 0) is 32.9 Å². The van der Waals surface area contributed by atoms with Gasteiger partial charge in [0.2, 0.25) is 0 Å². The number of benzene rings is 1. The lowest BCUT2D eigenvalue weighted by Gasteiger charge is -2.35. The molecular weight excluding hydrogens is 813 g/mol. The van der Waals surface area contributed by atoms with Crippen molar-refractivity contribution in [2.75, 3.05) is 0 Å². The van der Waals surface area contributed by atoms with Crippen molar-refractivity contribution >= 4 is 111 Å². The summed E-state index contributed by atoms with van der Waals surface area (Å²) in [4.78, 5) is 0. The summed E-state index contributed by atoms with van der Waals surface area (Å²) in [6.45, 7) is 48.8. The molecule has 49 heavy (non-hydrogen) atoms.